The first kappa shape index (κ1) is 16.5. The van der Waals surface area contributed by atoms with Crippen LogP contribution in [-0.4, -0.2) is 43.5 Å². The van der Waals surface area contributed by atoms with Gasteiger partial charge in [0.15, 0.2) is 0 Å². The fraction of sp³-hybridized carbons (Fsp3) is 1.00. The van der Waals surface area contributed by atoms with Gasteiger partial charge < -0.3 is 19.8 Å². The minimum atomic E-state index is -3.87. The molecular formula is C8H22NO5PS. The maximum atomic E-state index is 9.31. The first-order valence-electron chi connectivity index (χ1n) is 5.03. The van der Waals surface area contributed by atoms with Gasteiger partial charge in [-0.25, -0.2) is 5.90 Å². The van der Waals surface area contributed by atoms with Gasteiger partial charge in [0.2, 0.25) is 0 Å². The van der Waals surface area contributed by atoms with Crippen LogP contribution in [0.3, 0.4) is 0 Å². The summed E-state index contributed by atoms with van der Waals surface area (Å²) in [4.78, 5) is 32.7. The fourth-order valence-electron chi connectivity index (χ4n) is 1.27. The van der Waals surface area contributed by atoms with Crippen molar-refractivity contribution in [3.05, 3.63) is 0 Å². The van der Waals surface area contributed by atoms with Gasteiger partial charge in [-0.05, 0) is 19.1 Å². The molecular weight excluding hydrogens is 253 g/mol. The Morgan fingerprint density at radius 1 is 1.38 bits per heavy atom. The summed E-state index contributed by atoms with van der Waals surface area (Å²) in [6.45, 7) is -0.405. The maximum Gasteiger partial charge on any atom is 0.277 e. The molecule has 0 aliphatic heterocycles. The largest absolute Gasteiger partial charge is 0.396 e. The predicted molar refractivity (Wildman–Crippen MR) is 66.3 cm³/mol. The second kappa shape index (κ2) is 7.08. The fourth-order valence-corrected chi connectivity index (χ4v) is 5.84. The average Bonchev–Trinajstić information content (AvgIpc) is 2.16. The van der Waals surface area contributed by atoms with E-state index in [9.17, 15) is 14.7 Å². The molecule has 0 aliphatic carbocycles. The summed E-state index contributed by atoms with van der Waals surface area (Å²) < 4.78 is 0. The molecule has 0 bridgehead atoms. The molecule has 0 heterocycles. The first-order valence-corrected chi connectivity index (χ1v) is 8.85. The second-order valence-electron chi connectivity index (χ2n) is 3.87. The third-order valence-corrected chi connectivity index (χ3v) is 7.71. The summed E-state index contributed by atoms with van der Waals surface area (Å²) in [5, 5.41) is 8.87. The number of rotatable bonds is 7. The van der Waals surface area contributed by atoms with Crippen molar-refractivity contribution in [2.75, 3.05) is 18.1 Å². The van der Waals surface area contributed by atoms with Crippen LogP contribution in [-0.2, 0) is 14.9 Å². The van der Waals surface area contributed by atoms with E-state index in [1.807, 2.05) is 6.92 Å². The van der Waals surface area contributed by atoms with Crippen LogP contribution >= 0.6 is 6.72 Å². The molecule has 100 valence electrons. The van der Waals surface area contributed by atoms with Gasteiger partial charge in [0.25, 0.3) is 6.72 Å². The number of aliphatic hydroxyl groups is 1. The van der Waals surface area contributed by atoms with Crippen molar-refractivity contribution < 1.29 is 24.6 Å². The van der Waals surface area contributed by atoms with Crippen LogP contribution < -0.4 is 5.90 Å². The van der Waals surface area contributed by atoms with Gasteiger partial charge in [0.1, 0.15) is 0 Å². The highest BCUT2D eigenvalue weighted by molar-refractivity contribution is 8.27. The monoisotopic (exact) mass is 275 g/mol. The Bertz CT molecular complexity index is 261. The molecule has 0 fully saturated rings. The second-order valence-corrected chi connectivity index (χ2v) is 9.53. The molecule has 2 unspecified atom stereocenters. The zero-order valence-corrected chi connectivity index (χ0v) is 11.4. The van der Waals surface area contributed by atoms with E-state index in [1.54, 1.807) is 6.92 Å². The Morgan fingerprint density at radius 2 is 1.94 bits per heavy atom. The lowest BCUT2D eigenvalue weighted by Gasteiger charge is -2.29. The van der Waals surface area contributed by atoms with Crippen molar-refractivity contribution in [3.63, 3.8) is 0 Å². The van der Waals surface area contributed by atoms with E-state index in [2.05, 4.69) is 0 Å². The smallest absolute Gasteiger partial charge is 0.277 e. The van der Waals surface area contributed by atoms with Crippen LogP contribution in [0.1, 0.15) is 26.7 Å². The van der Waals surface area contributed by atoms with Crippen LogP contribution in [0, 0.1) is 0 Å². The van der Waals surface area contributed by atoms with Gasteiger partial charge in [-0.15, -0.1) is 10.1 Å². The third kappa shape index (κ3) is 5.75. The van der Waals surface area contributed by atoms with Gasteiger partial charge in [-0.3, -0.25) is 4.84 Å². The zero-order chi connectivity index (χ0) is 12.8. The molecule has 0 saturated heterocycles. The van der Waals surface area contributed by atoms with Gasteiger partial charge in [-0.1, -0.05) is 6.92 Å². The molecule has 16 heavy (non-hydrogen) atoms. The van der Waals surface area contributed by atoms with Crippen LogP contribution in [0.25, 0.3) is 0 Å². The molecule has 0 aliphatic rings. The maximum absolute atomic E-state index is 9.31. The highest BCUT2D eigenvalue weighted by atomic mass is 32.5. The van der Waals surface area contributed by atoms with Crippen molar-refractivity contribution in [2.45, 2.75) is 32.3 Å². The van der Waals surface area contributed by atoms with E-state index in [4.69, 9.17) is 15.8 Å². The van der Waals surface area contributed by atoms with Crippen molar-refractivity contribution in [3.8, 4) is 0 Å². The van der Waals surface area contributed by atoms with Gasteiger partial charge in [-0.2, -0.15) is 0 Å². The molecule has 0 spiro atoms. The molecule has 0 aromatic heterocycles. The molecule has 2 atom stereocenters. The lowest BCUT2D eigenvalue weighted by atomic mass is 10.1. The lowest BCUT2D eigenvalue weighted by molar-refractivity contribution is -0.0310. The minimum Gasteiger partial charge on any atom is -0.396 e. The quantitative estimate of drug-likeness (QED) is 0.322. The highest BCUT2D eigenvalue weighted by Gasteiger charge is 2.28. The van der Waals surface area contributed by atoms with E-state index >= 15 is 0 Å². The molecule has 0 saturated carbocycles. The SMILES string of the molecule is CCCS(CC(C)(CCO)ON)=P(O)(O)O. The molecule has 0 radical (unpaired) electrons. The third-order valence-electron chi connectivity index (χ3n) is 2.18. The van der Waals surface area contributed by atoms with Gasteiger partial charge >= 0.3 is 0 Å². The van der Waals surface area contributed by atoms with Crippen LogP contribution in [0.4, 0.5) is 0 Å². The molecule has 6 N–H and O–H groups in total. The Hall–Kier alpha value is 0.540. The molecule has 0 aromatic carbocycles. The Labute approximate surface area is 98.2 Å². The van der Waals surface area contributed by atoms with Crippen molar-refractivity contribution in [2.24, 2.45) is 5.90 Å². The van der Waals surface area contributed by atoms with Crippen molar-refractivity contribution in [1.29, 1.82) is 0 Å². The topological polar surface area (TPSA) is 116 Å². The van der Waals surface area contributed by atoms with Gasteiger partial charge in [0, 0.05) is 18.8 Å². The predicted octanol–water partition coefficient (Wildman–Crippen LogP) is -0.299. The summed E-state index contributed by atoms with van der Waals surface area (Å²) in [5.74, 6) is 5.87. The number of aliphatic hydroxyl groups excluding tert-OH is 1. The number of nitrogens with two attached hydrogens (primary N) is 1. The summed E-state index contributed by atoms with van der Waals surface area (Å²) in [6.07, 6.45) is 1.02. The van der Waals surface area contributed by atoms with E-state index in [1.165, 1.54) is 0 Å². The van der Waals surface area contributed by atoms with Crippen molar-refractivity contribution >= 4 is 16.8 Å². The Morgan fingerprint density at radius 3 is 2.25 bits per heavy atom. The Kier molecular flexibility index (Phi) is 7.32. The summed E-state index contributed by atoms with van der Waals surface area (Å²) in [7, 11) is -0.951. The Balaban J connectivity index is 4.88. The van der Waals surface area contributed by atoms with E-state index in [-0.39, 0.29) is 18.8 Å². The molecule has 8 heteroatoms. The minimum absolute atomic E-state index is 0.106. The normalized spacial score (nSPS) is 18.2. The standard InChI is InChI=1S/C8H22NO5PS/c1-3-6-16(15(11,12)13)7-8(2,14-9)4-5-10/h10-13H,3-7,9H2,1-2H3. The van der Waals surface area contributed by atoms with Crippen LogP contribution in [0.5, 0.6) is 0 Å². The molecule has 0 amide bonds. The van der Waals surface area contributed by atoms with Crippen LogP contribution in [0.2, 0.25) is 0 Å². The summed E-state index contributed by atoms with van der Waals surface area (Å²) >= 11 is 0. The summed E-state index contributed by atoms with van der Waals surface area (Å²) in [5.41, 5.74) is -0.841. The first-order chi connectivity index (χ1) is 7.29. The molecule has 0 aromatic rings. The van der Waals surface area contributed by atoms with Gasteiger partial charge in [0.05, 0.1) is 5.60 Å². The lowest BCUT2D eigenvalue weighted by Crippen LogP contribution is -2.39. The molecule has 6 nitrogen and oxygen atoms in total. The molecule has 0 rings (SSSR count). The van der Waals surface area contributed by atoms with E-state index < -0.39 is 22.4 Å². The zero-order valence-electron chi connectivity index (χ0n) is 9.67. The van der Waals surface area contributed by atoms with E-state index in [0.717, 1.165) is 6.42 Å². The van der Waals surface area contributed by atoms with E-state index in [0.29, 0.717) is 5.75 Å². The average molecular weight is 275 g/mol. The highest BCUT2D eigenvalue weighted by Crippen LogP contribution is 2.38. The van der Waals surface area contributed by atoms with Crippen LogP contribution in [0.15, 0.2) is 0 Å². The van der Waals surface area contributed by atoms with Crippen molar-refractivity contribution in [1.82, 2.24) is 0 Å². The number of hydrogen-bond acceptors (Lipinski definition) is 3. The number of hydrogen-bond donors (Lipinski definition) is 5. The summed E-state index contributed by atoms with van der Waals surface area (Å²) in [6, 6.07) is 0.